The molecule has 5 nitrogen and oxygen atoms in total. The molecule has 0 aliphatic heterocycles. The fourth-order valence-corrected chi connectivity index (χ4v) is 1.39. The monoisotopic (exact) mass is 235 g/mol. The van der Waals surface area contributed by atoms with Crippen molar-refractivity contribution in [3.63, 3.8) is 0 Å². The van der Waals surface area contributed by atoms with Gasteiger partial charge in [-0.15, -0.1) is 0 Å². The molecule has 1 rings (SSSR count). The van der Waals surface area contributed by atoms with Gasteiger partial charge in [0, 0.05) is 5.56 Å². The highest BCUT2D eigenvalue weighted by atomic mass is 16.5. The number of ether oxygens (including phenoxy) is 1. The van der Waals surface area contributed by atoms with Gasteiger partial charge in [0.2, 0.25) is 0 Å². The number of rotatable bonds is 6. The summed E-state index contributed by atoms with van der Waals surface area (Å²) >= 11 is 0. The number of hydrogen-bond donors (Lipinski definition) is 0. The van der Waals surface area contributed by atoms with Crippen LogP contribution in [-0.4, -0.2) is 24.9 Å². The molecule has 5 heteroatoms. The summed E-state index contributed by atoms with van der Waals surface area (Å²) in [7, 11) is 0. The lowest BCUT2D eigenvalue weighted by Gasteiger charge is -2.10. The zero-order chi connectivity index (χ0) is 12.7. The maximum atomic E-state index is 12.0. The Kier molecular flexibility index (Phi) is 5.00. The molecule has 0 aliphatic rings. The van der Waals surface area contributed by atoms with E-state index in [1.54, 1.807) is 37.3 Å². The van der Waals surface area contributed by atoms with Crippen molar-refractivity contribution in [1.29, 1.82) is 0 Å². The molecule has 0 saturated carbocycles. The number of carbonyl (C=O) groups excluding carboxylic acids is 2. The Hall–Kier alpha value is -2.04. The summed E-state index contributed by atoms with van der Waals surface area (Å²) in [5.74, 6) is -2.29. The molecule has 0 saturated heterocycles. The van der Waals surface area contributed by atoms with E-state index < -0.39 is 24.2 Å². The number of ketones is 1. The third-order valence-electron chi connectivity index (χ3n) is 2.20. The Morgan fingerprint density at radius 2 is 1.94 bits per heavy atom. The van der Waals surface area contributed by atoms with Crippen LogP contribution in [0.2, 0.25) is 0 Å². The van der Waals surface area contributed by atoms with Gasteiger partial charge in [-0.3, -0.25) is 9.59 Å². The molecule has 0 aromatic heterocycles. The molecular formula is C12H13NO4. The number of benzene rings is 1. The molecular weight excluding hydrogens is 222 g/mol. The maximum Gasteiger partial charge on any atom is 0.318 e. The Labute approximate surface area is 98.8 Å². The topological polar surface area (TPSA) is 72.8 Å². The van der Waals surface area contributed by atoms with Crippen molar-refractivity contribution >= 4 is 11.8 Å². The second kappa shape index (κ2) is 6.52. The SMILES string of the molecule is CCOC(=O)C(CN=O)C(=O)c1ccccc1. The average Bonchev–Trinajstić information content (AvgIpc) is 2.36. The van der Waals surface area contributed by atoms with Gasteiger partial charge >= 0.3 is 5.97 Å². The van der Waals surface area contributed by atoms with Gasteiger partial charge in [-0.25, -0.2) is 0 Å². The summed E-state index contributed by atoms with van der Waals surface area (Å²) in [5, 5.41) is 2.61. The van der Waals surface area contributed by atoms with Gasteiger partial charge in [-0.1, -0.05) is 35.5 Å². The van der Waals surface area contributed by atoms with Crippen LogP contribution in [0.5, 0.6) is 0 Å². The van der Waals surface area contributed by atoms with Crippen molar-refractivity contribution in [2.45, 2.75) is 6.92 Å². The summed E-state index contributed by atoms with van der Waals surface area (Å²) in [6, 6.07) is 8.29. The lowest BCUT2D eigenvalue weighted by Crippen LogP contribution is -2.28. The number of hydrogen-bond acceptors (Lipinski definition) is 5. The summed E-state index contributed by atoms with van der Waals surface area (Å²) in [6.45, 7) is 1.40. The Balaban J connectivity index is 2.87. The molecule has 0 amide bonds. The Morgan fingerprint density at radius 1 is 1.29 bits per heavy atom. The molecule has 1 aromatic rings. The molecule has 1 unspecified atom stereocenters. The molecule has 17 heavy (non-hydrogen) atoms. The van der Waals surface area contributed by atoms with Crippen molar-refractivity contribution in [1.82, 2.24) is 0 Å². The first-order valence-corrected chi connectivity index (χ1v) is 5.25. The van der Waals surface area contributed by atoms with Gasteiger partial charge in [-0.05, 0) is 6.92 Å². The molecule has 1 aromatic carbocycles. The van der Waals surface area contributed by atoms with E-state index in [4.69, 9.17) is 4.74 Å². The number of esters is 1. The molecule has 0 fully saturated rings. The minimum absolute atomic E-state index is 0.163. The maximum absolute atomic E-state index is 12.0. The zero-order valence-electron chi connectivity index (χ0n) is 9.46. The number of carbonyl (C=O) groups is 2. The lowest BCUT2D eigenvalue weighted by atomic mass is 9.98. The van der Waals surface area contributed by atoms with Crippen LogP contribution in [0.3, 0.4) is 0 Å². The van der Waals surface area contributed by atoms with Gasteiger partial charge in [0.05, 0.1) is 6.61 Å². The van der Waals surface area contributed by atoms with E-state index in [9.17, 15) is 14.5 Å². The number of nitrogens with zero attached hydrogens (tertiary/aromatic N) is 1. The van der Waals surface area contributed by atoms with Crippen LogP contribution in [0.15, 0.2) is 35.5 Å². The van der Waals surface area contributed by atoms with Gasteiger partial charge in [-0.2, -0.15) is 4.91 Å². The van der Waals surface area contributed by atoms with Gasteiger partial charge in [0.25, 0.3) is 0 Å². The smallest absolute Gasteiger partial charge is 0.318 e. The van der Waals surface area contributed by atoms with Crippen molar-refractivity contribution in [3.05, 3.63) is 40.8 Å². The predicted molar refractivity (Wildman–Crippen MR) is 61.6 cm³/mol. The molecule has 1 atom stereocenters. The highest BCUT2D eigenvalue weighted by molar-refractivity contribution is 6.08. The van der Waals surface area contributed by atoms with E-state index in [0.29, 0.717) is 5.56 Å². The van der Waals surface area contributed by atoms with E-state index >= 15 is 0 Å². The van der Waals surface area contributed by atoms with Crippen LogP contribution in [0.4, 0.5) is 0 Å². The van der Waals surface area contributed by atoms with Crippen molar-refractivity contribution in [2.24, 2.45) is 11.1 Å². The molecule has 0 aliphatic carbocycles. The quantitative estimate of drug-likeness (QED) is 0.326. The standard InChI is InChI=1S/C12H13NO4/c1-2-17-12(15)10(8-13-16)11(14)9-6-4-3-5-7-9/h3-7,10H,2,8H2,1H3. The lowest BCUT2D eigenvalue weighted by molar-refractivity contribution is -0.145. The van der Waals surface area contributed by atoms with E-state index in [1.165, 1.54) is 0 Å². The van der Waals surface area contributed by atoms with Crippen LogP contribution >= 0.6 is 0 Å². The molecule has 0 heterocycles. The van der Waals surface area contributed by atoms with E-state index in [-0.39, 0.29) is 6.61 Å². The van der Waals surface area contributed by atoms with Crippen LogP contribution in [0, 0.1) is 10.8 Å². The minimum Gasteiger partial charge on any atom is -0.465 e. The molecule has 0 spiro atoms. The number of nitroso groups, excluding NO2 is 1. The Bertz CT molecular complexity index is 402. The first kappa shape index (κ1) is 13.0. The van der Waals surface area contributed by atoms with E-state index in [2.05, 4.69) is 5.18 Å². The van der Waals surface area contributed by atoms with Crippen LogP contribution < -0.4 is 0 Å². The summed E-state index contributed by atoms with van der Waals surface area (Å²) in [5.41, 5.74) is 0.370. The highest BCUT2D eigenvalue weighted by Gasteiger charge is 2.29. The third-order valence-corrected chi connectivity index (χ3v) is 2.20. The van der Waals surface area contributed by atoms with Gasteiger partial charge in [0.15, 0.2) is 5.78 Å². The van der Waals surface area contributed by atoms with Crippen LogP contribution in [0.25, 0.3) is 0 Å². The normalized spacial score (nSPS) is 11.6. The fourth-order valence-electron chi connectivity index (χ4n) is 1.39. The molecule has 0 radical (unpaired) electrons. The van der Waals surface area contributed by atoms with Crippen molar-refractivity contribution < 1.29 is 14.3 Å². The van der Waals surface area contributed by atoms with Crippen LogP contribution in [-0.2, 0) is 9.53 Å². The second-order valence-corrected chi connectivity index (χ2v) is 3.35. The average molecular weight is 235 g/mol. The van der Waals surface area contributed by atoms with Gasteiger partial charge < -0.3 is 4.74 Å². The summed E-state index contributed by atoms with van der Waals surface area (Å²) in [4.78, 5) is 33.7. The summed E-state index contributed by atoms with van der Waals surface area (Å²) in [6.07, 6.45) is 0. The molecule has 0 bridgehead atoms. The zero-order valence-corrected chi connectivity index (χ0v) is 9.46. The van der Waals surface area contributed by atoms with Crippen LogP contribution in [0.1, 0.15) is 17.3 Å². The Morgan fingerprint density at radius 3 is 2.47 bits per heavy atom. The van der Waals surface area contributed by atoms with E-state index in [0.717, 1.165) is 0 Å². The van der Waals surface area contributed by atoms with Crippen molar-refractivity contribution in [3.8, 4) is 0 Å². The first-order valence-electron chi connectivity index (χ1n) is 5.25. The van der Waals surface area contributed by atoms with E-state index in [1.807, 2.05) is 0 Å². The fraction of sp³-hybridized carbons (Fsp3) is 0.333. The molecule has 0 N–H and O–H groups in total. The predicted octanol–water partition coefficient (Wildman–Crippen LogP) is 1.81. The number of Topliss-reactive ketones (excluding diaryl/α,β-unsaturated/α-hetero) is 1. The third kappa shape index (κ3) is 3.48. The van der Waals surface area contributed by atoms with Gasteiger partial charge in [0.1, 0.15) is 12.5 Å². The molecule has 90 valence electrons. The van der Waals surface area contributed by atoms with Crippen molar-refractivity contribution in [2.75, 3.05) is 13.2 Å². The second-order valence-electron chi connectivity index (χ2n) is 3.35. The highest BCUT2D eigenvalue weighted by Crippen LogP contribution is 2.11. The first-order chi connectivity index (χ1) is 8.20. The largest absolute Gasteiger partial charge is 0.465 e. The summed E-state index contributed by atoms with van der Waals surface area (Å²) < 4.78 is 4.74. The minimum atomic E-state index is -1.14.